The standard InChI is InChI=1S/C11H20N4O2S/c1-3-6-13-8(16)5-7-14-11-9(17-4-2)10(12)15-18-11/h14H,3-7H2,1-2H3,(H2,12,15)(H,13,16). The summed E-state index contributed by atoms with van der Waals surface area (Å²) in [5.74, 6) is 1.01. The molecule has 1 aromatic rings. The van der Waals surface area contributed by atoms with Crippen LogP contribution in [0.25, 0.3) is 0 Å². The van der Waals surface area contributed by atoms with E-state index >= 15 is 0 Å². The number of amides is 1. The van der Waals surface area contributed by atoms with Crippen LogP contribution in [0.15, 0.2) is 0 Å². The fourth-order valence-electron chi connectivity index (χ4n) is 1.33. The van der Waals surface area contributed by atoms with Gasteiger partial charge in [0.25, 0.3) is 0 Å². The first-order valence-corrected chi connectivity index (χ1v) is 6.84. The topological polar surface area (TPSA) is 89.3 Å². The SMILES string of the molecule is CCCNC(=O)CCNc1snc(N)c1OCC. The van der Waals surface area contributed by atoms with E-state index in [1.165, 1.54) is 11.5 Å². The molecule has 0 radical (unpaired) electrons. The third kappa shape index (κ3) is 4.40. The van der Waals surface area contributed by atoms with Crippen molar-refractivity contribution in [2.24, 2.45) is 0 Å². The van der Waals surface area contributed by atoms with Crippen LogP contribution in [-0.4, -0.2) is 30.0 Å². The van der Waals surface area contributed by atoms with Gasteiger partial charge in [0.1, 0.15) is 0 Å². The van der Waals surface area contributed by atoms with Crippen LogP contribution in [0.5, 0.6) is 5.75 Å². The Kier molecular flexibility index (Phi) is 6.27. The van der Waals surface area contributed by atoms with Crippen LogP contribution in [0.3, 0.4) is 0 Å². The quantitative estimate of drug-likeness (QED) is 0.666. The van der Waals surface area contributed by atoms with Gasteiger partial charge in [-0.15, -0.1) is 0 Å². The van der Waals surface area contributed by atoms with E-state index in [0.717, 1.165) is 18.0 Å². The Morgan fingerprint density at radius 3 is 2.89 bits per heavy atom. The van der Waals surface area contributed by atoms with Crippen molar-refractivity contribution < 1.29 is 9.53 Å². The summed E-state index contributed by atoms with van der Waals surface area (Å²) in [5.41, 5.74) is 5.68. The van der Waals surface area contributed by atoms with E-state index in [0.29, 0.717) is 31.1 Å². The Hall–Kier alpha value is -1.50. The van der Waals surface area contributed by atoms with Crippen LogP contribution in [0.4, 0.5) is 10.8 Å². The lowest BCUT2D eigenvalue weighted by atomic mass is 10.3. The van der Waals surface area contributed by atoms with Crippen molar-refractivity contribution in [3.8, 4) is 5.75 Å². The molecule has 7 heteroatoms. The van der Waals surface area contributed by atoms with Crippen molar-refractivity contribution in [3.05, 3.63) is 0 Å². The van der Waals surface area contributed by atoms with Gasteiger partial charge in [-0.1, -0.05) is 6.92 Å². The molecule has 4 N–H and O–H groups in total. The zero-order chi connectivity index (χ0) is 13.4. The highest BCUT2D eigenvalue weighted by Crippen LogP contribution is 2.34. The minimum absolute atomic E-state index is 0.0415. The number of anilines is 2. The maximum absolute atomic E-state index is 11.4. The van der Waals surface area contributed by atoms with E-state index in [1.54, 1.807) is 0 Å². The van der Waals surface area contributed by atoms with Crippen molar-refractivity contribution in [1.29, 1.82) is 0 Å². The second-order valence-corrected chi connectivity index (χ2v) is 4.46. The number of hydrogen-bond donors (Lipinski definition) is 3. The van der Waals surface area contributed by atoms with Gasteiger partial charge in [0.15, 0.2) is 16.6 Å². The summed E-state index contributed by atoms with van der Waals surface area (Å²) in [6.07, 6.45) is 1.36. The molecule has 0 atom stereocenters. The van der Waals surface area contributed by atoms with Gasteiger partial charge in [-0.25, -0.2) is 0 Å². The molecule has 0 aromatic carbocycles. The first-order chi connectivity index (χ1) is 8.69. The van der Waals surface area contributed by atoms with Crippen LogP contribution < -0.4 is 21.1 Å². The third-order valence-electron chi connectivity index (χ3n) is 2.17. The number of nitrogen functional groups attached to an aromatic ring is 1. The Morgan fingerprint density at radius 1 is 1.44 bits per heavy atom. The molecule has 0 aliphatic heterocycles. The molecule has 0 spiro atoms. The average molecular weight is 272 g/mol. The molecular weight excluding hydrogens is 252 g/mol. The molecule has 0 fully saturated rings. The molecule has 18 heavy (non-hydrogen) atoms. The number of nitrogens with zero attached hydrogens (tertiary/aromatic N) is 1. The van der Waals surface area contributed by atoms with Crippen LogP contribution in [-0.2, 0) is 4.79 Å². The molecule has 0 aliphatic carbocycles. The number of nitrogens with two attached hydrogens (primary N) is 1. The third-order valence-corrected chi connectivity index (χ3v) is 2.97. The van der Waals surface area contributed by atoms with Crippen LogP contribution in [0.2, 0.25) is 0 Å². The number of aromatic nitrogens is 1. The number of carbonyl (C=O) groups is 1. The number of carbonyl (C=O) groups excluding carboxylic acids is 1. The molecular formula is C11H20N4O2S. The van der Waals surface area contributed by atoms with Gasteiger partial charge in [-0.05, 0) is 24.9 Å². The van der Waals surface area contributed by atoms with Gasteiger partial charge in [0.2, 0.25) is 5.91 Å². The lowest BCUT2D eigenvalue weighted by Crippen LogP contribution is -2.25. The highest BCUT2D eigenvalue weighted by atomic mass is 32.1. The van der Waals surface area contributed by atoms with Crippen molar-refractivity contribution in [2.45, 2.75) is 26.7 Å². The van der Waals surface area contributed by atoms with Crippen LogP contribution in [0, 0.1) is 0 Å². The molecule has 102 valence electrons. The molecule has 0 bridgehead atoms. The second kappa shape index (κ2) is 7.75. The van der Waals surface area contributed by atoms with Gasteiger partial charge in [-0.2, -0.15) is 4.37 Å². The zero-order valence-corrected chi connectivity index (χ0v) is 11.6. The predicted molar refractivity (Wildman–Crippen MR) is 74.1 cm³/mol. The molecule has 1 amide bonds. The molecule has 1 aromatic heterocycles. The largest absolute Gasteiger partial charge is 0.487 e. The maximum Gasteiger partial charge on any atom is 0.221 e. The fourth-order valence-corrected chi connectivity index (χ4v) is 2.02. The number of nitrogens with one attached hydrogen (secondary N) is 2. The maximum atomic E-state index is 11.4. The minimum Gasteiger partial charge on any atom is -0.487 e. The Labute approximate surface area is 111 Å². The summed E-state index contributed by atoms with van der Waals surface area (Å²) in [6, 6.07) is 0. The highest BCUT2D eigenvalue weighted by Gasteiger charge is 2.12. The van der Waals surface area contributed by atoms with E-state index < -0.39 is 0 Å². The Balaban J connectivity index is 2.37. The fraction of sp³-hybridized carbons (Fsp3) is 0.636. The minimum atomic E-state index is 0.0415. The van der Waals surface area contributed by atoms with E-state index in [1.807, 2.05) is 13.8 Å². The number of hydrogen-bond acceptors (Lipinski definition) is 6. The summed E-state index contributed by atoms with van der Waals surface area (Å²) < 4.78 is 9.40. The molecule has 0 aliphatic rings. The summed E-state index contributed by atoms with van der Waals surface area (Å²) >= 11 is 1.24. The number of ether oxygens (including phenoxy) is 1. The molecule has 6 nitrogen and oxygen atoms in total. The first-order valence-electron chi connectivity index (χ1n) is 6.07. The smallest absolute Gasteiger partial charge is 0.221 e. The Bertz CT molecular complexity index is 381. The van der Waals surface area contributed by atoms with Gasteiger partial charge in [0.05, 0.1) is 6.61 Å². The summed E-state index contributed by atoms with van der Waals surface area (Å²) in [6.45, 7) is 5.70. The normalized spacial score (nSPS) is 10.1. The summed E-state index contributed by atoms with van der Waals surface area (Å²) in [7, 11) is 0. The molecule has 1 rings (SSSR count). The molecule has 0 saturated carbocycles. The first kappa shape index (κ1) is 14.6. The lowest BCUT2D eigenvalue weighted by Gasteiger charge is -2.07. The number of rotatable bonds is 8. The van der Waals surface area contributed by atoms with Gasteiger partial charge in [-0.3, -0.25) is 4.79 Å². The van der Waals surface area contributed by atoms with E-state index in [4.69, 9.17) is 10.5 Å². The summed E-state index contributed by atoms with van der Waals surface area (Å²) in [5, 5.41) is 6.71. The molecule has 1 heterocycles. The van der Waals surface area contributed by atoms with Crippen LogP contribution >= 0.6 is 11.5 Å². The van der Waals surface area contributed by atoms with E-state index in [2.05, 4.69) is 15.0 Å². The lowest BCUT2D eigenvalue weighted by molar-refractivity contribution is -0.120. The summed E-state index contributed by atoms with van der Waals surface area (Å²) in [4.78, 5) is 11.4. The predicted octanol–water partition coefficient (Wildman–Crippen LogP) is 1.45. The van der Waals surface area contributed by atoms with Crippen molar-refractivity contribution in [1.82, 2.24) is 9.69 Å². The van der Waals surface area contributed by atoms with Gasteiger partial charge < -0.3 is 21.1 Å². The average Bonchev–Trinajstić information content (AvgIpc) is 2.69. The zero-order valence-electron chi connectivity index (χ0n) is 10.8. The Morgan fingerprint density at radius 2 is 2.22 bits per heavy atom. The molecule has 0 saturated heterocycles. The van der Waals surface area contributed by atoms with Crippen LogP contribution in [0.1, 0.15) is 26.7 Å². The molecule has 0 unspecified atom stereocenters. The van der Waals surface area contributed by atoms with Gasteiger partial charge >= 0.3 is 0 Å². The van der Waals surface area contributed by atoms with E-state index in [9.17, 15) is 4.79 Å². The monoisotopic (exact) mass is 272 g/mol. The van der Waals surface area contributed by atoms with Crippen molar-refractivity contribution in [2.75, 3.05) is 30.7 Å². The van der Waals surface area contributed by atoms with Gasteiger partial charge in [0, 0.05) is 19.5 Å². The van der Waals surface area contributed by atoms with Crippen molar-refractivity contribution >= 4 is 28.3 Å². The highest BCUT2D eigenvalue weighted by molar-refractivity contribution is 7.11. The van der Waals surface area contributed by atoms with E-state index in [-0.39, 0.29) is 5.91 Å². The second-order valence-electron chi connectivity index (χ2n) is 3.69. The van der Waals surface area contributed by atoms with Crippen molar-refractivity contribution in [3.63, 3.8) is 0 Å².